The molecule has 0 unspecified atom stereocenters. The lowest BCUT2D eigenvalue weighted by molar-refractivity contribution is 0.0773. The van der Waals surface area contributed by atoms with E-state index in [1.54, 1.807) is 35.0 Å². The number of hydrogen-bond acceptors (Lipinski definition) is 5. The summed E-state index contributed by atoms with van der Waals surface area (Å²) in [5.74, 6) is 1.21. The van der Waals surface area contributed by atoms with Crippen LogP contribution >= 0.6 is 15.9 Å². The molecule has 3 aromatic heterocycles. The number of nitrogens with zero attached hydrogens (tertiary/aromatic N) is 4. The Morgan fingerprint density at radius 2 is 2.12 bits per heavy atom. The van der Waals surface area contributed by atoms with E-state index in [0.717, 1.165) is 26.8 Å². The molecule has 1 aromatic carbocycles. The minimum Gasteiger partial charge on any atom is -0.491 e. The van der Waals surface area contributed by atoms with Gasteiger partial charge in [-0.3, -0.25) is 14.9 Å². The molecule has 9 heteroatoms. The molecule has 0 fully saturated rings. The number of aromatic nitrogens is 4. The maximum absolute atomic E-state index is 13.1. The van der Waals surface area contributed by atoms with Gasteiger partial charge in [0.05, 0.1) is 30.6 Å². The van der Waals surface area contributed by atoms with Gasteiger partial charge in [-0.15, -0.1) is 0 Å². The topological polar surface area (TPSA) is 85.3 Å². The number of carbonyl (C=O) groups excluding carboxylic acids is 1. The van der Waals surface area contributed by atoms with Gasteiger partial charge in [-0.1, -0.05) is 24.8 Å². The number of rotatable bonds is 9. The molecule has 8 nitrogen and oxygen atoms in total. The molecule has 0 spiro atoms. The van der Waals surface area contributed by atoms with Crippen molar-refractivity contribution in [2.75, 3.05) is 26.8 Å². The molecule has 0 aliphatic heterocycles. The van der Waals surface area contributed by atoms with E-state index in [-0.39, 0.29) is 5.91 Å². The van der Waals surface area contributed by atoms with Gasteiger partial charge in [0.25, 0.3) is 5.91 Å². The van der Waals surface area contributed by atoms with Crippen molar-refractivity contribution in [2.24, 2.45) is 7.05 Å². The molecule has 1 N–H and O–H groups in total. The Bertz CT molecular complexity index is 1340. The zero-order chi connectivity index (χ0) is 24.2. The van der Waals surface area contributed by atoms with E-state index in [9.17, 15) is 4.79 Å². The molecule has 4 rings (SSSR count). The molecule has 4 aromatic rings. The number of hydrogen-bond donors (Lipinski definition) is 1. The quantitative estimate of drug-likeness (QED) is 0.336. The van der Waals surface area contributed by atoms with Crippen molar-refractivity contribution in [1.29, 1.82) is 0 Å². The second-order valence-electron chi connectivity index (χ2n) is 7.71. The number of aryl methyl sites for hydroxylation is 1. The summed E-state index contributed by atoms with van der Waals surface area (Å²) < 4.78 is 14.4. The zero-order valence-corrected chi connectivity index (χ0v) is 20.9. The molecule has 3 heterocycles. The molecule has 34 heavy (non-hydrogen) atoms. The van der Waals surface area contributed by atoms with E-state index >= 15 is 0 Å². The average Bonchev–Trinajstić information content (AvgIpc) is 3.38. The summed E-state index contributed by atoms with van der Waals surface area (Å²) in [6.45, 7) is 6.99. The number of fused-ring (bicyclic) bond motifs is 1. The lowest BCUT2D eigenvalue weighted by Crippen LogP contribution is -2.31. The summed E-state index contributed by atoms with van der Waals surface area (Å²) in [4.78, 5) is 19.3. The molecule has 176 valence electrons. The number of halogens is 1. The molecule has 0 aliphatic carbocycles. The summed E-state index contributed by atoms with van der Waals surface area (Å²) in [5, 5.41) is 8.04. The Kier molecular flexibility index (Phi) is 7.02. The third-order valence-electron chi connectivity index (χ3n) is 5.47. The molecule has 0 radical (unpaired) electrons. The Hall–Kier alpha value is -3.59. The Morgan fingerprint density at radius 3 is 2.88 bits per heavy atom. The van der Waals surface area contributed by atoms with Crippen molar-refractivity contribution in [1.82, 2.24) is 24.6 Å². The third-order valence-corrected chi connectivity index (χ3v) is 6.07. The molecule has 1 amide bonds. The predicted molar refractivity (Wildman–Crippen MR) is 136 cm³/mol. The second kappa shape index (κ2) is 10.1. The highest BCUT2D eigenvalue weighted by Gasteiger charge is 2.21. The van der Waals surface area contributed by atoms with Crippen LogP contribution in [0.3, 0.4) is 0 Å². The van der Waals surface area contributed by atoms with Crippen LogP contribution in [-0.4, -0.2) is 57.4 Å². The maximum Gasteiger partial charge on any atom is 0.256 e. The van der Waals surface area contributed by atoms with Crippen molar-refractivity contribution in [2.45, 2.75) is 6.92 Å². The number of benzene rings is 1. The van der Waals surface area contributed by atoms with Gasteiger partial charge in [0.1, 0.15) is 22.5 Å². The van der Waals surface area contributed by atoms with E-state index in [1.807, 2.05) is 44.3 Å². The van der Waals surface area contributed by atoms with E-state index in [2.05, 4.69) is 37.7 Å². The fourth-order valence-electron chi connectivity index (χ4n) is 3.74. The number of likely N-dealkylation sites (N-methyl/N-ethyl adjacent to an activating group) is 1. The number of H-pyrrole nitrogens is 1. The fraction of sp³-hybridized carbons (Fsp3) is 0.240. The van der Waals surface area contributed by atoms with Gasteiger partial charge in [0, 0.05) is 36.8 Å². The summed E-state index contributed by atoms with van der Waals surface area (Å²) in [6, 6.07) is 9.67. The number of carbonyl (C=O) groups is 1. The van der Waals surface area contributed by atoms with Gasteiger partial charge in [0.15, 0.2) is 0 Å². The van der Waals surface area contributed by atoms with Gasteiger partial charge in [-0.05, 0) is 41.1 Å². The Morgan fingerprint density at radius 1 is 1.32 bits per heavy atom. The molecule has 0 aliphatic rings. The minimum absolute atomic E-state index is 0.120. The van der Waals surface area contributed by atoms with Crippen LogP contribution in [-0.2, 0) is 7.05 Å². The van der Waals surface area contributed by atoms with Crippen molar-refractivity contribution < 1.29 is 14.3 Å². The van der Waals surface area contributed by atoms with Crippen LogP contribution < -0.4 is 9.47 Å². The molecular weight excluding hydrogens is 498 g/mol. The van der Waals surface area contributed by atoms with Crippen molar-refractivity contribution >= 4 is 38.8 Å². The van der Waals surface area contributed by atoms with Gasteiger partial charge < -0.3 is 18.9 Å². The van der Waals surface area contributed by atoms with Gasteiger partial charge in [0.2, 0.25) is 5.88 Å². The highest BCUT2D eigenvalue weighted by molar-refractivity contribution is 9.10. The highest BCUT2D eigenvalue weighted by atomic mass is 79.9. The van der Waals surface area contributed by atoms with Gasteiger partial charge >= 0.3 is 0 Å². The van der Waals surface area contributed by atoms with Crippen molar-refractivity contribution in [3.05, 3.63) is 65.0 Å². The number of nitrogens with one attached hydrogen (secondary N) is 1. The van der Waals surface area contributed by atoms with Crippen molar-refractivity contribution in [3.63, 3.8) is 0 Å². The second-order valence-corrected chi connectivity index (χ2v) is 8.50. The largest absolute Gasteiger partial charge is 0.491 e. The zero-order valence-electron chi connectivity index (χ0n) is 19.3. The van der Waals surface area contributed by atoms with E-state index in [1.165, 1.54) is 0 Å². The SMILES string of the molecule is C=Cc1c(C(=O)N(C)CCOc2ccccc2-c2cc3c(Br)[nH]nc3cn2)cn(C)c1OCC. The molecule has 0 saturated carbocycles. The minimum atomic E-state index is -0.120. The van der Waals surface area contributed by atoms with E-state index in [0.29, 0.717) is 42.5 Å². The first-order chi connectivity index (χ1) is 16.4. The number of ether oxygens (including phenoxy) is 2. The van der Waals surface area contributed by atoms with Crippen LogP contribution in [0.15, 0.2) is 53.9 Å². The lowest BCUT2D eigenvalue weighted by Gasteiger charge is -2.18. The van der Waals surface area contributed by atoms with E-state index < -0.39 is 0 Å². The van der Waals surface area contributed by atoms with Crippen LogP contribution in [0.4, 0.5) is 0 Å². The predicted octanol–water partition coefficient (Wildman–Crippen LogP) is 4.92. The molecular formula is C25H26BrN5O3. The van der Waals surface area contributed by atoms with Crippen LogP contribution in [0.5, 0.6) is 11.6 Å². The van der Waals surface area contributed by atoms with E-state index in [4.69, 9.17) is 9.47 Å². The smallest absolute Gasteiger partial charge is 0.256 e. The highest BCUT2D eigenvalue weighted by Crippen LogP contribution is 2.32. The summed E-state index contributed by atoms with van der Waals surface area (Å²) in [5.41, 5.74) is 3.66. The molecule has 0 bridgehead atoms. The Balaban J connectivity index is 1.47. The summed E-state index contributed by atoms with van der Waals surface area (Å²) in [7, 11) is 3.60. The molecule has 0 saturated heterocycles. The first-order valence-electron chi connectivity index (χ1n) is 10.9. The fourth-order valence-corrected chi connectivity index (χ4v) is 4.15. The lowest BCUT2D eigenvalue weighted by atomic mass is 10.1. The van der Waals surface area contributed by atoms with Crippen LogP contribution in [0.1, 0.15) is 22.8 Å². The first kappa shape index (κ1) is 23.6. The average molecular weight is 524 g/mol. The maximum atomic E-state index is 13.1. The number of amides is 1. The van der Waals surface area contributed by atoms with Crippen LogP contribution in [0, 0.1) is 0 Å². The van der Waals surface area contributed by atoms with Gasteiger partial charge in [-0.2, -0.15) is 5.10 Å². The normalized spacial score (nSPS) is 10.9. The molecule has 0 atom stereocenters. The monoisotopic (exact) mass is 523 g/mol. The number of aromatic amines is 1. The standard InChI is InChI=1S/C25H26BrN5O3/c1-5-16-19(15-31(4)25(16)33-6-2)24(32)30(3)11-12-34-22-10-8-7-9-17(22)20-13-18-21(14-27-20)28-29-23(18)26/h5,7-10,13-15H,1,6,11-12H2,2-4H3,(H,28,29). The Labute approximate surface area is 206 Å². The van der Waals surface area contributed by atoms with Crippen LogP contribution in [0.2, 0.25) is 0 Å². The van der Waals surface area contributed by atoms with Gasteiger partial charge in [-0.25, -0.2) is 0 Å². The first-order valence-corrected chi connectivity index (χ1v) is 11.7. The van der Waals surface area contributed by atoms with Crippen LogP contribution in [0.25, 0.3) is 28.2 Å². The summed E-state index contributed by atoms with van der Waals surface area (Å²) >= 11 is 3.48. The third kappa shape index (κ3) is 4.56. The number of para-hydroxylation sites is 1. The number of pyridine rings is 1. The van der Waals surface area contributed by atoms with Crippen molar-refractivity contribution in [3.8, 4) is 22.9 Å². The summed E-state index contributed by atoms with van der Waals surface area (Å²) in [6.07, 6.45) is 5.15.